The van der Waals surface area contributed by atoms with Crippen molar-refractivity contribution in [2.75, 3.05) is 31.1 Å². The molecule has 0 saturated carbocycles. The monoisotopic (exact) mass is 339 g/mol. The van der Waals surface area contributed by atoms with Gasteiger partial charge in [0.15, 0.2) is 0 Å². The van der Waals surface area contributed by atoms with Crippen LogP contribution in [0, 0.1) is 0 Å². The van der Waals surface area contributed by atoms with Gasteiger partial charge in [0.25, 0.3) is 0 Å². The first-order valence-electron chi connectivity index (χ1n) is 9.17. The van der Waals surface area contributed by atoms with Crippen LogP contribution >= 0.6 is 0 Å². The lowest BCUT2D eigenvalue weighted by Crippen LogP contribution is -2.45. The molecule has 1 saturated heterocycles. The first-order chi connectivity index (χ1) is 12.0. The van der Waals surface area contributed by atoms with Crippen molar-refractivity contribution in [1.29, 1.82) is 0 Å². The van der Waals surface area contributed by atoms with Gasteiger partial charge < -0.3 is 10.0 Å². The maximum absolute atomic E-state index is 9.84. The Balaban J connectivity index is 1.47. The molecule has 1 aliphatic heterocycles. The Labute approximate surface area is 151 Å². The predicted octanol–water partition coefficient (Wildman–Crippen LogP) is 3.11. The SMILES string of the molecule is CC(C)(O)CCc1ccc(CN2CCN(c3ccncc3)CC2)cc1. The molecular formula is C21H29N3O. The van der Waals surface area contributed by atoms with E-state index in [4.69, 9.17) is 0 Å². The lowest BCUT2D eigenvalue weighted by molar-refractivity contribution is 0.0714. The highest BCUT2D eigenvalue weighted by Crippen LogP contribution is 2.17. The van der Waals surface area contributed by atoms with E-state index < -0.39 is 5.60 Å². The van der Waals surface area contributed by atoms with E-state index in [2.05, 4.69) is 51.2 Å². The summed E-state index contributed by atoms with van der Waals surface area (Å²) in [5.74, 6) is 0. The number of pyridine rings is 1. The van der Waals surface area contributed by atoms with Crippen LogP contribution in [0.15, 0.2) is 48.8 Å². The third kappa shape index (κ3) is 5.55. The van der Waals surface area contributed by atoms with Crippen LogP contribution in [0.3, 0.4) is 0 Å². The van der Waals surface area contributed by atoms with Crippen molar-refractivity contribution in [1.82, 2.24) is 9.88 Å². The van der Waals surface area contributed by atoms with Gasteiger partial charge in [0, 0.05) is 50.8 Å². The van der Waals surface area contributed by atoms with E-state index >= 15 is 0 Å². The first kappa shape index (κ1) is 17.9. The maximum atomic E-state index is 9.84. The number of hydrogen-bond donors (Lipinski definition) is 1. The van der Waals surface area contributed by atoms with Crippen molar-refractivity contribution in [2.24, 2.45) is 0 Å². The second-order valence-electron chi connectivity index (χ2n) is 7.60. The zero-order chi connectivity index (χ0) is 17.7. The summed E-state index contributed by atoms with van der Waals surface area (Å²) in [6.45, 7) is 9.04. The van der Waals surface area contributed by atoms with Crippen molar-refractivity contribution >= 4 is 5.69 Å². The molecule has 2 heterocycles. The number of aliphatic hydroxyl groups is 1. The first-order valence-corrected chi connectivity index (χ1v) is 9.17. The molecule has 0 aliphatic carbocycles. The largest absolute Gasteiger partial charge is 0.390 e. The number of piperazine rings is 1. The Morgan fingerprint density at radius 2 is 1.52 bits per heavy atom. The van der Waals surface area contributed by atoms with Gasteiger partial charge in [-0.15, -0.1) is 0 Å². The molecule has 1 aromatic carbocycles. The molecular weight excluding hydrogens is 310 g/mol. The third-order valence-electron chi connectivity index (χ3n) is 4.85. The van der Waals surface area contributed by atoms with E-state index in [0.717, 1.165) is 45.6 Å². The second-order valence-corrected chi connectivity index (χ2v) is 7.60. The zero-order valence-electron chi connectivity index (χ0n) is 15.4. The van der Waals surface area contributed by atoms with Crippen molar-refractivity contribution in [3.8, 4) is 0 Å². The minimum atomic E-state index is -0.590. The summed E-state index contributed by atoms with van der Waals surface area (Å²) in [7, 11) is 0. The Morgan fingerprint density at radius 1 is 0.920 bits per heavy atom. The molecule has 1 fully saturated rings. The molecule has 4 heteroatoms. The van der Waals surface area contributed by atoms with Gasteiger partial charge in [0.1, 0.15) is 0 Å². The van der Waals surface area contributed by atoms with Crippen LogP contribution in [0.25, 0.3) is 0 Å². The Morgan fingerprint density at radius 3 is 2.12 bits per heavy atom. The van der Waals surface area contributed by atoms with E-state index in [9.17, 15) is 5.11 Å². The van der Waals surface area contributed by atoms with Gasteiger partial charge in [-0.2, -0.15) is 0 Å². The molecule has 25 heavy (non-hydrogen) atoms. The average molecular weight is 339 g/mol. The summed E-state index contributed by atoms with van der Waals surface area (Å²) >= 11 is 0. The van der Waals surface area contributed by atoms with Crippen LogP contribution in [0.1, 0.15) is 31.4 Å². The molecule has 1 aromatic heterocycles. The minimum Gasteiger partial charge on any atom is -0.390 e. The lowest BCUT2D eigenvalue weighted by atomic mass is 9.98. The van der Waals surface area contributed by atoms with Gasteiger partial charge in [-0.25, -0.2) is 0 Å². The average Bonchev–Trinajstić information content (AvgIpc) is 2.62. The molecule has 0 unspecified atom stereocenters. The number of anilines is 1. The summed E-state index contributed by atoms with van der Waals surface area (Å²) < 4.78 is 0. The van der Waals surface area contributed by atoms with Gasteiger partial charge in [-0.3, -0.25) is 9.88 Å². The van der Waals surface area contributed by atoms with Crippen molar-refractivity contribution in [2.45, 2.75) is 38.8 Å². The molecule has 3 rings (SSSR count). The fraction of sp³-hybridized carbons (Fsp3) is 0.476. The standard InChI is InChI=1S/C21H29N3O/c1-21(2,25)10-7-18-3-5-19(6-4-18)17-23-13-15-24(16-14-23)20-8-11-22-12-9-20/h3-6,8-9,11-12,25H,7,10,13-17H2,1-2H3. The topological polar surface area (TPSA) is 39.6 Å². The fourth-order valence-corrected chi connectivity index (χ4v) is 3.24. The third-order valence-corrected chi connectivity index (χ3v) is 4.85. The van der Waals surface area contributed by atoms with E-state index in [0.29, 0.717) is 0 Å². The van der Waals surface area contributed by atoms with Gasteiger partial charge >= 0.3 is 0 Å². The summed E-state index contributed by atoms with van der Waals surface area (Å²) in [5, 5.41) is 9.84. The highest BCUT2D eigenvalue weighted by atomic mass is 16.3. The zero-order valence-corrected chi connectivity index (χ0v) is 15.4. The number of aromatic nitrogens is 1. The Kier molecular flexibility index (Phi) is 5.71. The van der Waals surface area contributed by atoms with Crippen LogP contribution in [0.4, 0.5) is 5.69 Å². The summed E-state index contributed by atoms with van der Waals surface area (Å²) in [4.78, 5) is 9.04. The number of aryl methyl sites for hydroxylation is 1. The lowest BCUT2D eigenvalue weighted by Gasteiger charge is -2.36. The van der Waals surface area contributed by atoms with E-state index in [1.807, 2.05) is 26.2 Å². The second kappa shape index (κ2) is 7.98. The normalized spacial score (nSPS) is 16.2. The minimum absolute atomic E-state index is 0.590. The number of hydrogen-bond acceptors (Lipinski definition) is 4. The quantitative estimate of drug-likeness (QED) is 0.878. The van der Waals surface area contributed by atoms with Crippen molar-refractivity contribution < 1.29 is 5.11 Å². The molecule has 0 spiro atoms. The van der Waals surface area contributed by atoms with E-state index in [1.54, 1.807) is 0 Å². The van der Waals surface area contributed by atoms with Gasteiger partial charge in [0.05, 0.1) is 5.60 Å². The highest BCUT2D eigenvalue weighted by molar-refractivity contribution is 5.45. The van der Waals surface area contributed by atoms with Crippen molar-refractivity contribution in [3.63, 3.8) is 0 Å². The molecule has 134 valence electrons. The summed E-state index contributed by atoms with van der Waals surface area (Å²) in [5.41, 5.74) is 3.34. The highest BCUT2D eigenvalue weighted by Gasteiger charge is 2.17. The molecule has 0 atom stereocenters. The Bertz CT molecular complexity index is 641. The van der Waals surface area contributed by atoms with E-state index in [1.165, 1.54) is 16.8 Å². The molecule has 0 radical (unpaired) electrons. The predicted molar refractivity (Wildman–Crippen MR) is 103 cm³/mol. The van der Waals surface area contributed by atoms with Gasteiger partial charge in [0.2, 0.25) is 0 Å². The van der Waals surface area contributed by atoms with Crippen LogP contribution in [0.2, 0.25) is 0 Å². The molecule has 4 nitrogen and oxygen atoms in total. The maximum Gasteiger partial charge on any atom is 0.0594 e. The van der Waals surface area contributed by atoms with E-state index in [-0.39, 0.29) is 0 Å². The fourth-order valence-electron chi connectivity index (χ4n) is 3.24. The molecule has 0 amide bonds. The summed E-state index contributed by atoms with van der Waals surface area (Å²) in [6, 6.07) is 13.0. The molecule has 1 N–H and O–H groups in total. The number of benzene rings is 1. The molecule has 2 aromatic rings. The van der Waals surface area contributed by atoms with Crippen LogP contribution < -0.4 is 4.90 Å². The molecule has 1 aliphatic rings. The number of nitrogens with zero attached hydrogens (tertiary/aromatic N) is 3. The van der Waals surface area contributed by atoms with Gasteiger partial charge in [-0.1, -0.05) is 24.3 Å². The van der Waals surface area contributed by atoms with Crippen LogP contribution in [0.5, 0.6) is 0 Å². The number of rotatable bonds is 6. The smallest absolute Gasteiger partial charge is 0.0594 e. The van der Waals surface area contributed by atoms with Crippen LogP contribution in [-0.4, -0.2) is 46.8 Å². The summed E-state index contributed by atoms with van der Waals surface area (Å²) in [6.07, 6.45) is 5.44. The van der Waals surface area contributed by atoms with Crippen LogP contribution in [-0.2, 0) is 13.0 Å². The Hall–Kier alpha value is -1.91. The van der Waals surface area contributed by atoms with Gasteiger partial charge in [-0.05, 0) is 49.9 Å². The molecule has 0 bridgehead atoms. The van der Waals surface area contributed by atoms with Crippen molar-refractivity contribution in [3.05, 3.63) is 59.9 Å².